The van der Waals surface area contributed by atoms with Gasteiger partial charge in [0.05, 0.1) is 20.4 Å². The van der Waals surface area contributed by atoms with Crippen molar-refractivity contribution in [2.45, 2.75) is 20.3 Å². The molecule has 0 aliphatic heterocycles. The van der Waals surface area contributed by atoms with E-state index in [0.717, 1.165) is 0 Å². The average molecular weight is 383 g/mol. The number of ether oxygens (including phenoxy) is 2. The average Bonchev–Trinajstić information content (AvgIpc) is 2.67. The molecule has 7 nitrogen and oxygen atoms in total. The van der Waals surface area contributed by atoms with E-state index in [-0.39, 0.29) is 17.7 Å². The summed E-state index contributed by atoms with van der Waals surface area (Å²) in [4.78, 5) is 24.0. The second-order valence-electron chi connectivity index (χ2n) is 6.53. The molecular weight excluding hydrogens is 358 g/mol. The molecular formula is C21H25N3O4. The van der Waals surface area contributed by atoms with Crippen molar-refractivity contribution in [1.82, 2.24) is 5.43 Å². The third-order valence-electron chi connectivity index (χ3n) is 3.83. The number of carbonyl (C=O) groups is 2. The van der Waals surface area contributed by atoms with Gasteiger partial charge in [0.15, 0.2) is 0 Å². The predicted molar refractivity (Wildman–Crippen MR) is 109 cm³/mol. The topological polar surface area (TPSA) is 89.0 Å². The first-order chi connectivity index (χ1) is 13.4. The largest absolute Gasteiger partial charge is 0.497 e. The van der Waals surface area contributed by atoms with E-state index in [1.807, 2.05) is 13.8 Å². The molecule has 0 radical (unpaired) electrons. The number of hydrogen-bond donors (Lipinski definition) is 2. The van der Waals surface area contributed by atoms with Gasteiger partial charge in [-0.15, -0.1) is 0 Å². The second kappa shape index (κ2) is 10.1. The molecule has 2 rings (SSSR count). The molecule has 0 fully saturated rings. The summed E-state index contributed by atoms with van der Waals surface area (Å²) in [5.41, 5.74) is 4.25. The van der Waals surface area contributed by atoms with Gasteiger partial charge in [0.1, 0.15) is 11.5 Å². The lowest BCUT2D eigenvalue weighted by Gasteiger charge is -2.08. The van der Waals surface area contributed by atoms with E-state index in [0.29, 0.717) is 34.7 Å². The molecule has 0 heterocycles. The van der Waals surface area contributed by atoms with Crippen LogP contribution in [0.5, 0.6) is 11.5 Å². The van der Waals surface area contributed by atoms with Crippen LogP contribution in [-0.2, 0) is 4.79 Å². The van der Waals surface area contributed by atoms with Gasteiger partial charge in [-0.05, 0) is 42.3 Å². The molecule has 2 aromatic rings. The van der Waals surface area contributed by atoms with Crippen molar-refractivity contribution in [2.75, 3.05) is 19.5 Å². The number of methoxy groups -OCH3 is 2. The van der Waals surface area contributed by atoms with E-state index < -0.39 is 0 Å². The van der Waals surface area contributed by atoms with Gasteiger partial charge >= 0.3 is 0 Å². The van der Waals surface area contributed by atoms with E-state index in [9.17, 15) is 9.59 Å². The van der Waals surface area contributed by atoms with Crippen molar-refractivity contribution in [1.29, 1.82) is 0 Å². The maximum atomic E-state index is 12.2. The maximum absolute atomic E-state index is 12.2. The summed E-state index contributed by atoms with van der Waals surface area (Å²) in [6.45, 7) is 3.96. The van der Waals surface area contributed by atoms with Gasteiger partial charge in [-0.3, -0.25) is 9.59 Å². The smallest absolute Gasteiger partial charge is 0.271 e. The molecule has 0 aliphatic carbocycles. The number of nitrogens with one attached hydrogen (secondary N) is 2. The molecule has 2 amide bonds. The minimum absolute atomic E-state index is 0.0507. The van der Waals surface area contributed by atoms with Crippen molar-refractivity contribution in [2.24, 2.45) is 11.0 Å². The lowest BCUT2D eigenvalue weighted by Crippen LogP contribution is -2.18. The van der Waals surface area contributed by atoms with Crippen LogP contribution in [0, 0.1) is 5.92 Å². The number of carbonyl (C=O) groups excluding carboxylic acids is 2. The molecule has 2 aromatic carbocycles. The Bertz CT molecular complexity index is 845. The van der Waals surface area contributed by atoms with Gasteiger partial charge in [-0.25, -0.2) is 5.43 Å². The molecule has 28 heavy (non-hydrogen) atoms. The van der Waals surface area contributed by atoms with Gasteiger partial charge in [0, 0.05) is 29.3 Å². The summed E-state index contributed by atoms with van der Waals surface area (Å²) in [5.74, 6) is 1.12. The summed E-state index contributed by atoms with van der Waals surface area (Å²) in [6, 6.07) is 11.9. The SMILES string of the molecule is COc1ccc(/C=N/NC(=O)c2ccc(NC(=O)CC(C)C)cc2)c(OC)c1. The summed E-state index contributed by atoms with van der Waals surface area (Å²) in [6.07, 6.45) is 1.95. The Hall–Kier alpha value is -3.35. The number of hydrogen-bond acceptors (Lipinski definition) is 5. The number of hydrazone groups is 1. The Morgan fingerprint density at radius 2 is 1.79 bits per heavy atom. The third kappa shape index (κ3) is 6.12. The van der Waals surface area contributed by atoms with E-state index in [1.54, 1.807) is 56.7 Å². The van der Waals surface area contributed by atoms with Gasteiger partial charge in [-0.1, -0.05) is 13.8 Å². The molecule has 0 saturated heterocycles. The van der Waals surface area contributed by atoms with E-state index in [2.05, 4.69) is 15.8 Å². The first-order valence-electron chi connectivity index (χ1n) is 8.88. The standard InChI is InChI=1S/C21H25N3O4/c1-14(2)11-20(25)23-17-8-5-15(6-9-17)21(26)24-22-13-16-7-10-18(27-3)12-19(16)28-4/h5-10,12-14H,11H2,1-4H3,(H,23,25)(H,24,26)/b22-13+. The van der Waals surface area contributed by atoms with Crippen LogP contribution in [0.15, 0.2) is 47.6 Å². The quantitative estimate of drug-likeness (QED) is 0.540. The summed E-state index contributed by atoms with van der Waals surface area (Å²) >= 11 is 0. The van der Waals surface area contributed by atoms with E-state index in [4.69, 9.17) is 9.47 Å². The van der Waals surface area contributed by atoms with Crippen LogP contribution in [-0.4, -0.2) is 32.2 Å². The fourth-order valence-electron chi connectivity index (χ4n) is 2.44. The van der Waals surface area contributed by atoms with Crippen molar-refractivity contribution in [3.05, 3.63) is 53.6 Å². The van der Waals surface area contributed by atoms with E-state index in [1.165, 1.54) is 6.21 Å². The first kappa shape index (κ1) is 21.0. The Morgan fingerprint density at radius 3 is 2.39 bits per heavy atom. The summed E-state index contributed by atoms with van der Waals surface area (Å²) < 4.78 is 10.4. The highest BCUT2D eigenvalue weighted by molar-refractivity contribution is 5.96. The zero-order valence-electron chi connectivity index (χ0n) is 16.5. The van der Waals surface area contributed by atoms with Crippen LogP contribution in [0.2, 0.25) is 0 Å². The maximum Gasteiger partial charge on any atom is 0.271 e. The Morgan fingerprint density at radius 1 is 1.07 bits per heavy atom. The molecule has 0 bridgehead atoms. The normalized spacial score (nSPS) is 10.8. The Balaban J connectivity index is 1.96. The first-order valence-corrected chi connectivity index (χ1v) is 8.88. The van der Waals surface area contributed by atoms with Gasteiger partial charge in [-0.2, -0.15) is 5.10 Å². The van der Waals surface area contributed by atoms with Crippen molar-refractivity contribution in [3.63, 3.8) is 0 Å². The third-order valence-corrected chi connectivity index (χ3v) is 3.83. The van der Waals surface area contributed by atoms with Crippen molar-refractivity contribution in [3.8, 4) is 11.5 Å². The molecule has 0 atom stereocenters. The lowest BCUT2D eigenvalue weighted by atomic mass is 10.1. The fourth-order valence-corrected chi connectivity index (χ4v) is 2.44. The Kier molecular flexibility index (Phi) is 7.56. The second-order valence-corrected chi connectivity index (χ2v) is 6.53. The molecule has 0 aromatic heterocycles. The molecule has 0 saturated carbocycles. The van der Waals surface area contributed by atoms with Crippen molar-refractivity contribution >= 4 is 23.7 Å². The number of amides is 2. The van der Waals surface area contributed by atoms with Gasteiger partial charge in [0.2, 0.25) is 5.91 Å². The van der Waals surface area contributed by atoms with Crippen molar-refractivity contribution < 1.29 is 19.1 Å². The van der Waals surface area contributed by atoms with Crippen LogP contribution in [0.25, 0.3) is 0 Å². The monoisotopic (exact) mass is 383 g/mol. The fraction of sp³-hybridized carbons (Fsp3) is 0.286. The molecule has 148 valence electrons. The number of benzene rings is 2. The molecule has 0 unspecified atom stereocenters. The van der Waals surface area contributed by atoms with Crippen LogP contribution in [0.1, 0.15) is 36.2 Å². The highest BCUT2D eigenvalue weighted by atomic mass is 16.5. The minimum atomic E-state index is -0.358. The zero-order valence-corrected chi connectivity index (χ0v) is 16.5. The van der Waals surface area contributed by atoms with E-state index >= 15 is 0 Å². The molecule has 2 N–H and O–H groups in total. The minimum Gasteiger partial charge on any atom is -0.497 e. The number of nitrogens with zero attached hydrogens (tertiary/aromatic N) is 1. The number of rotatable bonds is 8. The molecule has 7 heteroatoms. The zero-order chi connectivity index (χ0) is 20.5. The summed E-state index contributed by atoms with van der Waals surface area (Å²) in [5, 5.41) is 6.77. The molecule has 0 spiro atoms. The predicted octanol–water partition coefficient (Wildman–Crippen LogP) is 3.45. The van der Waals surface area contributed by atoms with Gasteiger partial charge in [0.25, 0.3) is 5.91 Å². The Labute approximate surface area is 164 Å². The lowest BCUT2D eigenvalue weighted by molar-refractivity contribution is -0.116. The molecule has 0 aliphatic rings. The summed E-state index contributed by atoms with van der Waals surface area (Å²) in [7, 11) is 3.12. The van der Waals surface area contributed by atoms with Gasteiger partial charge < -0.3 is 14.8 Å². The highest BCUT2D eigenvalue weighted by Gasteiger charge is 2.08. The van der Waals surface area contributed by atoms with Crippen LogP contribution < -0.4 is 20.2 Å². The van der Waals surface area contributed by atoms with Crippen LogP contribution >= 0.6 is 0 Å². The van der Waals surface area contributed by atoms with Crippen LogP contribution in [0.3, 0.4) is 0 Å². The highest BCUT2D eigenvalue weighted by Crippen LogP contribution is 2.23. The van der Waals surface area contributed by atoms with Crippen LogP contribution in [0.4, 0.5) is 5.69 Å². The number of anilines is 1.